The van der Waals surface area contributed by atoms with Crippen LogP contribution in [0, 0.1) is 11.1 Å². The minimum atomic E-state index is -0.807. The molecule has 0 unspecified atom stereocenters. The molecule has 0 atom stereocenters. The maximum atomic E-state index is 12.4. The van der Waals surface area contributed by atoms with Crippen molar-refractivity contribution in [1.82, 2.24) is 4.98 Å². The first-order valence-corrected chi connectivity index (χ1v) is 8.24. The summed E-state index contributed by atoms with van der Waals surface area (Å²) in [6.45, 7) is 5.28. The molecule has 0 spiro atoms. The molecule has 2 amide bonds. The zero-order valence-electron chi connectivity index (χ0n) is 15.0. The van der Waals surface area contributed by atoms with E-state index in [2.05, 4.69) is 20.4 Å². The number of nitrogens with one attached hydrogen (secondary N) is 2. The molecule has 26 heavy (non-hydrogen) atoms. The van der Waals surface area contributed by atoms with Crippen molar-refractivity contribution < 1.29 is 23.8 Å². The van der Waals surface area contributed by atoms with Crippen LogP contribution in [0.1, 0.15) is 20.3 Å². The summed E-state index contributed by atoms with van der Waals surface area (Å²) in [5, 5.41) is 17.0. The Bertz CT molecular complexity index is 692. The smallest absolute Gasteiger partial charge is 0.460 e. The number of methoxy groups -OCH3 is 1. The molecule has 142 valence electrons. The Balaban J connectivity index is 2.28. The molecule has 1 aliphatic rings. The van der Waals surface area contributed by atoms with Crippen LogP contribution in [0.4, 0.5) is 27.2 Å². The molecule has 1 aromatic heterocycles. The number of aromatic nitrogens is 2. The topological polar surface area (TPSA) is 120 Å². The Labute approximate surface area is 151 Å². The molecule has 2 heterocycles. The summed E-state index contributed by atoms with van der Waals surface area (Å²) in [5.41, 5.74) is 0. The first kappa shape index (κ1) is 19.3. The van der Waals surface area contributed by atoms with Gasteiger partial charge in [-0.3, -0.25) is 0 Å². The summed E-state index contributed by atoms with van der Waals surface area (Å²) in [7, 11) is 1.18. The predicted octanol–water partition coefficient (Wildman–Crippen LogP) is 1.86. The van der Waals surface area contributed by atoms with Gasteiger partial charge in [0, 0.05) is 13.1 Å². The van der Waals surface area contributed by atoms with Crippen molar-refractivity contribution in [3.8, 4) is 0 Å². The van der Waals surface area contributed by atoms with Gasteiger partial charge in [-0.05, 0) is 12.3 Å². The van der Waals surface area contributed by atoms with Gasteiger partial charge in [0.2, 0.25) is 5.82 Å². The molecule has 0 aromatic carbocycles. The fourth-order valence-corrected chi connectivity index (χ4v) is 2.18. The number of ether oxygens (including phenoxy) is 2. The average molecular weight is 365 g/mol. The third-order valence-electron chi connectivity index (χ3n) is 3.46. The van der Waals surface area contributed by atoms with Crippen LogP contribution in [0.25, 0.3) is 0 Å². The van der Waals surface area contributed by atoms with Gasteiger partial charge < -0.3 is 19.6 Å². The van der Waals surface area contributed by atoms with Crippen molar-refractivity contribution >= 4 is 29.8 Å². The van der Waals surface area contributed by atoms with E-state index in [1.807, 2.05) is 30.9 Å². The first-order chi connectivity index (χ1) is 12.4. The molecule has 0 aliphatic carbocycles. The zero-order valence-corrected chi connectivity index (χ0v) is 15.0. The maximum Gasteiger partial charge on any atom is 0.460 e. The van der Waals surface area contributed by atoms with E-state index in [0.29, 0.717) is 23.6 Å². The van der Waals surface area contributed by atoms with Gasteiger partial charge in [0.05, 0.1) is 19.8 Å². The van der Waals surface area contributed by atoms with Crippen LogP contribution >= 0.6 is 0 Å². The van der Waals surface area contributed by atoms with E-state index in [0.717, 1.165) is 6.42 Å². The van der Waals surface area contributed by atoms with Crippen LogP contribution in [0.2, 0.25) is 0 Å². The van der Waals surface area contributed by atoms with E-state index in [1.54, 1.807) is 0 Å². The molecule has 0 saturated carbocycles. The Morgan fingerprint density at radius 1 is 1.35 bits per heavy atom. The van der Waals surface area contributed by atoms with Crippen molar-refractivity contribution in [2.45, 2.75) is 20.3 Å². The fourth-order valence-electron chi connectivity index (χ4n) is 2.18. The number of carbonyl (C=O) groups excluding carboxylic acids is 2. The van der Waals surface area contributed by atoms with Gasteiger partial charge in [-0.15, -0.1) is 0 Å². The van der Waals surface area contributed by atoms with Crippen molar-refractivity contribution in [2.24, 2.45) is 5.92 Å². The highest BCUT2D eigenvalue weighted by molar-refractivity contribution is 5.84. The monoisotopic (exact) mass is 365 g/mol. The van der Waals surface area contributed by atoms with Gasteiger partial charge >= 0.3 is 18.1 Å². The van der Waals surface area contributed by atoms with E-state index in [-0.39, 0.29) is 24.3 Å². The quantitative estimate of drug-likeness (QED) is 0.464. The summed E-state index contributed by atoms with van der Waals surface area (Å²) < 4.78 is 9.83. The van der Waals surface area contributed by atoms with Gasteiger partial charge in [-0.2, -0.15) is 5.32 Å². The largest absolute Gasteiger partial charge is 0.754 e. The Hall–Kier alpha value is -3.04. The summed E-state index contributed by atoms with van der Waals surface area (Å²) >= 11 is 0. The second-order valence-corrected chi connectivity index (χ2v) is 6.06. The molecule has 0 fully saturated rings. The van der Waals surface area contributed by atoms with Crippen molar-refractivity contribution in [3.05, 3.63) is 23.4 Å². The second-order valence-electron chi connectivity index (χ2n) is 6.06. The standard InChI is InChI=1S/C16H23N5O5/c1-11(2)10-26-16(23)19-14-17-12(20-7-5-4-6-8-20)9-13(21(14)24)18-15(22)25-3/h4-5,9,11H,6-8,10H2,1-3H3,(H,18,22)(H,17,19,23). The van der Waals surface area contributed by atoms with Crippen LogP contribution in [0.3, 0.4) is 0 Å². The summed E-state index contributed by atoms with van der Waals surface area (Å²) in [4.78, 5) is 29.5. The lowest BCUT2D eigenvalue weighted by molar-refractivity contribution is -0.577. The molecule has 10 nitrogen and oxygen atoms in total. The highest BCUT2D eigenvalue weighted by atomic mass is 16.6. The first-order valence-electron chi connectivity index (χ1n) is 8.24. The molecular formula is C16H23N5O5. The highest BCUT2D eigenvalue weighted by Crippen LogP contribution is 2.19. The van der Waals surface area contributed by atoms with Crippen LogP contribution in [-0.2, 0) is 9.47 Å². The SMILES string of the molecule is COC(=O)Nc1cc(N2CC=CCC2)nc(NC(=O)OCC(C)C)[n+]1[O-]. The van der Waals surface area contributed by atoms with Crippen LogP contribution in [0.5, 0.6) is 0 Å². The summed E-state index contributed by atoms with van der Waals surface area (Å²) in [6.07, 6.45) is 3.24. The van der Waals surface area contributed by atoms with Crippen LogP contribution in [0.15, 0.2) is 18.2 Å². The molecule has 1 aromatic rings. The second kappa shape index (κ2) is 8.88. The predicted molar refractivity (Wildman–Crippen MR) is 95.0 cm³/mol. The van der Waals surface area contributed by atoms with Gasteiger partial charge in [0.25, 0.3) is 0 Å². The van der Waals surface area contributed by atoms with E-state index >= 15 is 0 Å². The number of amides is 2. The van der Waals surface area contributed by atoms with E-state index in [4.69, 9.17) is 4.74 Å². The van der Waals surface area contributed by atoms with Gasteiger partial charge in [-0.25, -0.2) is 19.6 Å². The van der Waals surface area contributed by atoms with E-state index in [9.17, 15) is 14.8 Å². The van der Waals surface area contributed by atoms with Crippen molar-refractivity contribution in [1.29, 1.82) is 0 Å². The molecular weight excluding hydrogens is 342 g/mol. The fraction of sp³-hybridized carbons (Fsp3) is 0.500. The zero-order chi connectivity index (χ0) is 19.1. The lowest BCUT2D eigenvalue weighted by Gasteiger charge is -2.24. The minimum Gasteiger partial charge on any atom is -0.754 e. The number of hydrogen-bond acceptors (Lipinski definition) is 7. The molecule has 2 rings (SSSR count). The molecule has 1 aliphatic heterocycles. The van der Waals surface area contributed by atoms with E-state index in [1.165, 1.54) is 13.2 Å². The molecule has 10 heteroatoms. The molecule has 0 saturated heterocycles. The number of rotatable bonds is 5. The maximum absolute atomic E-state index is 12.4. The number of anilines is 3. The van der Waals surface area contributed by atoms with E-state index < -0.39 is 12.2 Å². The molecule has 0 bridgehead atoms. The Morgan fingerprint density at radius 3 is 2.73 bits per heavy atom. The third-order valence-corrected chi connectivity index (χ3v) is 3.46. The summed E-state index contributed by atoms with van der Waals surface area (Å²) in [5.74, 6) is 0.177. The van der Waals surface area contributed by atoms with Crippen LogP contribution in [-0.4, -0.2) is 44.0 Å². The number of nitrogens with zero attached hydrogens (tertiary/aromatic N) is 3. The van der Waals surface area contributed by atoms with Crippen LogP contribution < -0.4 is 20.3 Å². The number of carbonyl (C=O) groups is 2. The lowest BCUT2D eigenvalue weighted by Crippen LogP contribution is -2.40. The molecule has 0 radical (unpaired) electrons. The minimum absolute atomic E-state index is 0.115. The lowest BCUT2D eigenvalue weighted by atomic mass is 10.2. The average Bonchev–Trinajstić information content (AvgIpc) is 2.63. The highest BCUT2D eigenvalue weighted by Gasteiger charge is 2.22. The number of hydrogen-bond donors (Lipinski definition) is 2. The van der Waals surface area contributed by atoms with Gasteiger partial charge in [0.15, 0.2) is 5.82 Å². The van der Waals surface area contributed by atoms with Gasteiger partial charge in [0.1, 0.15) is 0 Å². The normalized spacial score (nSPS) is 13.5. The van der Waals surface area contributed by atoms with Crippen molar-refractivity contribution in [3.63, 3.8) is 0 Å². The Kier molecular flexibility index (Phi) is 6.59. The Morgan fingerprint density at radius 2 is 2.12 bits per heavy atom. The summed E-state index contributed by atoms with van der Waals surface area (Å²) in [6, 6.07) is 1.42. The van der Waals surface area contributed by atoms with Crippen molar-refractivity contribution in [2.75, 3.05) is 42.3 Å². The third kappa shape index (κ3) is 5.23. The van der Waals surface area contributed by atoms with Gasteiger partial charge in [-0.1, -0.05) is 31.0 Å². The molecule has 2 N–H and O–H groups in total.